The number of hydrogen-bond donors (Lipinski definition) is 0. The second kappa shape index (κ2) is 5.58. The van der Waals surface area contributed by atoms with Gasteiger partial charge in [0.1, 0.15) is 5.69 Å². The van der Waals surface area contributed by atoms with Gasteiger partial charge in [-0.25, -0.2) is 0 Å². The first-order valence-electron chi connectivity index (χ1n) is 6.89. The summed E-state index contributed by atoms with van der Waals surface area (Å²) in [6.07, 6.45) is 3.48. The molecule has 1 aliphatic heterocycles. The van der Waals surface area contributed by atoms with Crippen molar-refractivity contribution in [1.29, 1.82) is 0 Å². The highest BCUT2D eigenvalue weighted by Gasteiger charge is 2.34. The van der Waals surface area contributed by atoms with Gasteiger partial charge >= 0.3 is 0 Å². The fraction of sp³-hybridized carbons (Fsp3) is 0.643. The van der Waals surface area contributed by atoms with Gasteiger partial charge in [0.2, 0.25) is 11.6 Å². The third-order valence-corrected chi connectivity index (χ3v) is 4.61. The van der Waals surface area contributed by atoms with E-state index in [2.05, 4.69) is 18.8 Å². The monoisotopic (exact) mass is 290 g/mol. The van der Waals surface area contributed by atoms with Crippen LogP contribution >= 0.6 is 0 Å². The Hall–Kier alpha value is -1.33. The van der Waals surface area contributed by atoms with Gasteiger partial charge < -0.3 is 4.90 Å². The summed E-state index contributed by atoms with van der Waals surface area (Å²) in [7, 11) is 0. The summed E-state index contributed by atoms with van der Waals surface area (Å²) in [5.74, 6) is -6.02. The van der Waals surface area contributed by atoms with Crippen LogP contribution in [-0.4, -0.2) is 18.1 Å². The van der Waals surface area contributed by atoms with Crippen LogP contribution in [0.5, 0.6) is 0 Å². The molecule has 1 aromatic rings. The molecule has 2 rings (SSSR count). The van der Waals surface area contributed by atoms with Crippen LogP contribution < -0.4 is 4.90 Å². The van der Waals surface area contributed by atoms with E-state index in [1.165, 1.54) is 4.90 Å². The number of piperidine rings is 1. The molecule has 1 fully saturated rings. The van der Waals surface area contributed by atoms with Crippen LogP contribution in [0, 0.1) is 28.9 Å². The summed E-state index contributed by atoms with van der Waals surface area (Å²) in [5.41, 5.74) is -0.469. The van der Waals surface area contributed by atoms with Crippen LogP contribution in [0.2, 0.25) is 0 Å². The van der Waals surface area contributed by atoms with Crippen molar-refractivity contribution in [3.05, 3.63) is 23.5 Å². The molecule has 0 bridgehead atoms. The maximum absolute atomic E-state index is 13.7. The predicted octanol–water partition coefficient (Wildman–Crippen LogP) is 4.04. The first-order valence-corrected chi connectivity index (χ1v) is 6.89. The van der Waals surface area contributed by atoms with Gasteiger partial charge in [-0.05, 0) is 18.3 Å². The Labute approximate surface area is 115 Å². The average molecular weight is 290 g/mol. The predicted molar refractivity (Wildman–Crippen MR) is 68.5 cm³/mol. The quantitative estimate of drug-likeness (QED) is 0.617. The Morgan fingerprint density at radius 1 is 0.950 bits per heavy atom. The number of hydrogen-bond acceptors (Lipinski definition) is 2. The molecule has 1 saturated heterocycles. The van der Waals surface area contributed by atoms with Gasteiger partial charge in [0.15, 0.2) is 0 Å². The Balaban J connectivity index is 2.27. The molecule has 2 nitrogen and oxygen atoms in total. The van der Waals surface area contributed by atoms with Gasteiger partial charge in [-0.2, -0.15) is 22.5 Å². The number of halogens is 4. The second-order valence-corrected chi connectivity index (χ2v) is 5.36. The first-order chi connectivity index (χ1) is 9.44. The maximum Gasteiger partial charge on any atom is 0.253 e. The number of rotatable bonds is 3. The summed E-state index contributed by atoms with van der Waals surface area (Å²) >= 11 is 0. The van der Waals surface area contributed by atoms with E-state index in [9.17, 15) is 17.6 Å². The van der Waals surface area contributed by atoms with Gasteiger partial charge in [-0.3, -0.25) is 0 Å². The molecule has 1 aliphatic rings. The molecule has 0 saturated carbocycles. The molecule has 0 unspecified atom stereocenters. The Morgan fingerprint density at radius 2 is 1.40 bits per heavy atom. The SMILES string of the molecule is CCC1(CC)CCN(c2c(F)c(F)nc(F)c2F)CC1. The van der Waals surface area contributed by atoms with Crippen LogP contribution in [-0.2, 0) is 0 Å². The normalized spacial score (nSPS) is 18.4. The number of pyridine rings is 1. The summed E-state index contributed by atoms with van der Waals surface area (Å²) in [4.78, 5) is 3.96. The van der Waals surface area contributed by atoms with E-state index < -0.39 is 29.2 Å². The molecule has 0 N–H and O–H groups in total. The average Bonchev–Trinajstić information content (AvgIpc) is 2.46. The van der Waals surface area contributed by atoms with Gasteiger partial charge in [0.05, 0.1) is 0 Å². The Bertz CT molecular complexity index is 464. The molecule has 0 spiro atoms. The standard InChI is InChI=1S/C14H18F4N2/c1-3-14(4-2)5-7-20(8-6-14)11-9(15)12(17)19-13(18)10(11)16/h3-8H2,1-2H3. The molecular weight excluding hydrogens is 272 g/mol. The fourth-order valence-corrected chi connectivity index (χ4v) is 2.92. The molecular formula is C14H18F4N2. The lowest BCUT2D eigenvalue weighted by Crippen LogP contribution is -2.40. The minimum atomic E-state index is -1.60. The number of aromatic nitrogens is 1. The van der Waals surface area contributed by atoms with Gasteiger partial charge in [-0.1, -0.05) is 26.7 Å². The van der Waals surface area contributed by atoms with Crippen molar-refractivity contribution >= 4 is 5.69 Å². The summed E-state index contributed by atoms with van der Waals surface area (Å²) < 4.78 is 53.7. The van der Waals surface area contributed by atoms with Crippen molar-refractivity contribution < 1.29 is 17.6 Å². The van der Waals surface area contributed by atoms with Crippen LogP contribution in [0.25, 0.3) is 0 Å². The third kappa shape index (κ3) is 2.47. The van der Waals surface area contributed by atoms with E-state index in [-0.39, 0.29) is 5.41 Å². The van der Waals surface area contributed by atoms with Gasteiger partial charge in [0, 0.05) is 13.1 Å². The van der Waals surface area contributed by atoms with Crippen molar-refractivity contribution in [3.63, 3.8) is 0 Å². The molecule has 0 aliphatic carbocycles. The number of anilines is 1. The van der Waals surface area contributed by atoms with E-state index >= 15 is 0 Å². The highest BCUT2D eigenvalue weighted by atomic mass is 19.2. The molecule has 0 radical (unpaired) electrons. The molecule has 0 aromatic carbocycles. The molecule has 1 aromatic heterocycles. The molecule has 2 heterocycles. The maximum atomic E-state index is 13.7. The van der Waals surface area contributed by atoms with Gasteiger partial charge in [-0.15, -0.1) is 0 Å². The molecule has 112 valence electrons. The van der Waals surface area contributed by atoms with Crippen molar-refractivity contribution in [2.24, 2.45) is 5.41 Å². The zero-order valence-corrected chi connectivity index (χ0v) is 11.6. The zero-order chi connectivity index (χ0) is 14.9. The van der Waals surface area contributed by atoms with Gasteiger partial charge in [0.25, 0.3) is 11.9 Å². The Morgan fingerprint density at radius 3 is 1.80 bits per heavy atom. The first kappa shape index (κ1) is 15.1. The van der Waals surface area contributed by atoms with Crippen molar-refractivity contribution in [3.8, 4) is 0 Å². The zero-order valence-electron chi connectivity index (χ0n) is 11.6. The summed E-state index contributed by atoms with van der Waals surface area (Å²) in [5, 5.41) is 0. The smallest absolute Gasteiger partial charge is 0.253 e. The lowest BCUT2D eigenvalue weighted by Gasteiger charge is -2.42. The van der Waals surface area contributed by atoms with Crippen molar-refractivity contribution in [1.82, 2.24) is 4.98 Å². The minimum absolute atomic E-state index is 0.160. The number of nitrogens with zero attached hydrogens (tertiary/aromatic N) is 2. The van der Waals surface area contributed by atoms with Crippen LogP contribution in [0.1, 0.15) is 39.5 Å². The molecule has 6 heteroatoms. The van der Waals surface area contributed by atoms with E-state index in [1.54, 1.807) is 0 Å². The van der Waals surface area contributed by atoms with Crippen LogP contribution in [0.3, 0.4) is 0 Å². The molecule has 0 atom stereocenters. The highest BCUT2D eigenvalue weighted by Crippen LogP contribution is 2.40. The summed E-state index contributed by atoms with van der Waals surface area (Å²) in [6.45, 7) is 4.95. The van der Waals surface area contributed by atoms with Crippen molar-refractivity contribution in [2.45, 2.75) is 39.5 Å². The van der Waals surface area contributed by atoms with E-state index in [4.69, 9.17) is 0 Å². The van der Waals surface area contributed by atoms with Crippen LogP contribution in [0.4, 0.5) is 23.2 Å². The fourth-order valence-electron chi connectivity index (χ4n) is 2.92. The van der Waals surface area contributed by atoms with E-state index in [0.717, 1.165) is 25.7 Å². The second-order valence-electron chi connectivity index (χ2n) is 5.36. The van der Waals surface area contributed by atoms with E-state index in [1.807, 2.05) is 0 Å². The summed E-state index contributed by atoms with van der Waals surface area (Å²) in [6, 6.07) is 0. The van der Waals surface area contributed by atoms with E-state index in [0.29, 0.717) is 13.1 Å². The van der Waals surface area contributed by atoms with Crippen LogP contribution in [0.15, 0.2) is 0 Å². The lowest BCUT2D eigenvalue weighted by atomic mass is 9.74. The lowest BCUT2D eigenvalue weighted by molar-refractivity contribution is 0.198. The topological polar surface area (TPSA) is 16.1 Å². The largest absolute Gasteiger partial charge is 0.366 e. The minimum Gasteiger partial charge on any atom is -0.366 e. The Kier molecular flexibility index (Phi) is 4.20. The molecule has 20 heavy (non-hydrogen) atoms. The highest BCUT2D eigenvalue weighted by molar-refractivity contribution is 5.49. The molecule has 0 amide bonds. The third-order valence-electron chi connectivity index (χ3n) is 4.61. The van der Waals surface area contributed by atoms with Crippen molar-refractivity contribution in [2.75, 3.05) is 18.0 Å².